The molecule has 0 saturated carbocycles. The van der Waals surface area contributed by atoms with Crippen LogP contribution in [0.2, 0.25) is 0 Å². The van der Waals surface area contributed by atoms with Crippen LogP contribution in [-0.4, -0.2) is 29.0 Å². The standard InChI is InChI=1S/C28H24FN3O2/c1-2-34-25-14-8-5-11-20(25)26-27-21(19-10-4-7-13-23(19)31-27)17-24(32-26)28(33)30-16-15-18-9-3-6-12-22(18)29/h3-14,17,31H,2,15-16H2,1H3,(H,30,33). The molecule has 0 aliphatic heterocycles. The first-order valence-corrected chi connectivity index (χ1v) is 11.3. The summed E-state index contributed by atoms with van der Waals surface area (Å²) in [4.78, 5) is 21.3. The van der Waals surface area contributed by atoms with Crippen LogP contribution in [0.4, 0.5) is 4.39 Å². The Hall–Kier alpha value is -4.19. The summed E-state index contributed by atoms with van der Waals surface area (Å²) in [6.07, 6.45) is 0.397. The van der Waals surface area contributed by atoms with E-state index >= 15 is 0 Å². The molecule has 0 saturated heterocycles. The van der Waals surface area contributed by atoms with Gasteiger partial charge in [0.05, 0.1) is 17.8 Å². The topological polar surface area (TPSA) is 67.0 Å². The number of amides is 1. The van der Waals surface area contributed by atoms with Crippen LogP contribution in [0.1, 0.15) is 23.0 Å². The number of hydrogen-bond acceptors (Lipinski definition) is 3. The van der Waals surface area contributed by atoms with Gasteiger partial charge in [-0.1, -0.05) is 48.5 Å². The fraction of sp³-hybridized carbons (Fsp3) is 0.143. The highest BCUT2D eigenvalue weighted by atomic mass is 19.1. The fourth-order valence-corrected chi connectivity index (χ4v) is 4.20. The summed E-state index contributed by atoms with van der Waals surface area (Å²) in [5.74, 6) is 0.123. The van der Waals surface area contributed by atoms with Crippen LogP contribution >= 0.6 is 0 Å². The van der Waals surface area contributed by atoms with Crippen molar-refractivity contribution in [3.05, 3.63) is 95.9 Å². The summed E-state index contributed by atoms with van der Waals surface area (Å²) in [7, 11) is 0. The van der Waals surface area contributed by atoms with Crippen LogP contribution in [-0.2, 0) is 6.42 Å². The summed E-state index contributed by atoms with van der Waals surface area (Å²) in [5.41, 5.74) is 4.13. The second kappa shape index (κ2) is 9.35. The molecule has 0 radical (unpaired) electrons. The van der Waals surface area contributed by atoms with Gasteiger partial charge in [-0.25, -0.2) is 9.37 Å². The van der Waals surface area contributed by atoms with E-state index in [1.165, 1.54) is 6.07 Å². The largest absolute Gasteiger partial charge is 0.493 e. The van der Waals surface area contributed by atoms with E-state index in [2.05, 4.69) is 10.3 Å². The van der Waals surface area contributed by atoms with Gasteiger partial charge in [0.2, 0.25) is 0 Å². The summed E-state index contributed by atoms with van der Waals surface area (Å²) in [6, 6.07) is 24.0. The van der Waals surface area contributed by atoms with Gasteiger partial charge in [0.15, 0.2) is 0 Å². The van der Waals surface area contributed by atoms with Crippen molar-refractivity contribution in [1.82, 2.24) is 15.3 Å². The van der Waals surface area contributed by atoms with E-state index in [9.17, 15) is 9.18 Å². The molecule has 0 atom stereocenters. The molecular formula is C28H24FN3O2. The number of aromatic amines is 1. The molecule has 2 heterocycles. The number of hydrogen-bond donors (Lipinski definition) is 2. The van der Waals surface area contributed by atoms with Gasteiger partial charge >= 0.3 is 0 Å². The number of H-pyrrole nitrogens is 1. The molecule has 170 valence electrons. The van der Waals surface area contributed by atoms with E-state index in [1.807, 2.05) is 55.5 Å². The Morgan fingerprint density at radius 1 is 1.00 bits per heavy atom. The molecular weight excluding hydrogens is 429 g/mol. The van der Waals surface area contributed by atoms with Crippen molar-refractivity contribution >= 4 is 27.7 Å². The predicted molar refractivity (Wildman–Crippen MR) is 133 cm³/mol. The third-order valence-electron chi connectivity index (χ3n) is 5.81. The van der Waals surface area contributed by atoms with Gasteiger partial charge < -0.3 is 15.0 Å². The maximum absolute atomic E-state index is 13.9. The number of halogens is 1. The molecule has 5 rings (SSSR count). The summed E-state index contributed by atoms with van der Waals surface area (Å²) < 4.78 is 19.8. The van der Waals surface area contributed by atoms with Crippen molar-refractivity contribution in [2.45, 2.75) is 13.3 Å². The SMILES string of the molecule is CCOc1ccccc1-c1nc(C(=O)NCCc2ccccc2F)cc2c1[nH]c1ccccc12. The average Bonchev–Trinajstić information content (AvgIpc) is 3.24. The van der Waals surface area contributed by atoms with Crippen molar-refractivity contribution in [2.24, 2.45) is 0 Å². The van der Waals surface area contributed by atoms with Gasteiger partial charge in [0, 0.05) is 28.4 Å². The van der Waals surface area contributed by atoms with Crippen LogP contribution in [0, 0.1) is 5.82 Å². The van der Waals surface area contributed by atoms with E-state index < -0.39 is 0 Å². The Kier molecular flexibility index (Phi) is 5.95. The molecule has 0 aliphatic rings. The molecule has 0 bridgehead atoms. The van der Waals surface area contributed by atoms with Gasteiger partial charge in [0.25, 0.3) is 5.91 Å². The lowest BCUT2D eigenvalue weighted by molar-refractivity contribution is 0.0949. The molecule has 2 aromatic heterocycles. The molecule has 3 aromatic carbocycles. The Bertz CT molecular complexity index is 1490. The number of ether oxygens (including phenoxy) is 1. The second-order valence-corrected chi connectivity index (χ2v) is 7.98. The van der Waals surface area contributed by atoms with Crippen LogP contribution in [0.3, 0.4) is 0 Å². The maximum Gasteiger partial charge on any atom is 0.269 e. The number of para-hydroxylation sites is 2. The Labute approximate surface area is 196 Å². The van der Waals surface area contributed by atoms with Crippen molar-refractivity contribution in [2.75, 3.05) is 13.2 Å². The number of carbonyl (C=O) groups excluding carboxylic acids is 1. The van der Waals surface area contributed by atoms with Crippen molar-refractivity contribution < 1.29 is 13.9 Å². The van der Waals surface area contributed by atoms with Crippen LogP contribution < -0.4 is 10.1 Å². The number of pyridine rings is 1. The Morgan fingerprint density at radius 3 is 2.62 bits per heavy atom. The third-order valence-corrected chi connectivity index (χ3v) is 5.81. The number of rotatable bonds is 7. The van der Waals surface area contributed by atoms with E-state index in [4.69, 9.17) is 9.72 Å². The van der Waals surface area contributed by atoms with Crippen molar-refractivity contribution in [1.29, 1.82) is 0 Å². The number of nitrogens with zero attached hydrogens (tertiary/aromatic N) is 1. The first-order chi connectivity index (χ1) is 16.7. The van der Waals surface area contributed by atoms with Crippen LogP contribution in [0.5, 0.6) is 5.75 Å². The van der Waals surface area contributed by atoms with Gasteiger partial charge in [-0.05, 0) is 49.2 Å². The minimum atomic E-state index is -0.307. The minimum absolute atomic E-state index is 0.273. The molecule has 1 amide bonds. The highest BCUT2D eigenvalue weighted by Crippen LogP contribution is 2.36. The molecule has 34 heavy (non-hydrogen) atoms. The molecule has 0 fully saturated rings. The van der Waals surface area contributed by atoms with Crippen LogP contribution in [0.25, 0.3) is 33.1 Å². The molecule has 6 heteroatoms. The number of nitrogens with one attached hydrogen (secondary N) is 2. The lowest BCUT2D eigenvalue weighted by Gasteiger charge is -2.12. The fourth-order valence-electron chi connectivity index (χ4n) is 4.20. The van der Waals surface area contributed by atoms with E-state index in [-0.39, 0.29) is 11.7 Å². The first-order valence-electron chi connectivity index (χ1n) is 11.3. The zero-order valence-corrected chi connectivity index (χ0v) is 18.8. The van der Waals surface area contributed by atoms with Gasteiger partial charge in [0.1, 0.15) is 17.3 Å². The van der Waals surface area contributed by atoms with Crippen LogP contribution in [0.15, 0.2) is 78.9 Å². The third kappa shape index (κ3) is 4.10. The number of fused-ring (bicyclic) bond motifs is 3. The smallest absolute Gasteiger partial charge is 0.269 e. The monoisotopic (exact) mass is 453 g/mol. The number of aromatic nitrogens is 2. The van der Waals surface area contributed by atoms with Gasteiger partial charge in [-0.3, -0.25) is 4.79 Å². The van der Waals surface area contributed by atoms with Gasteiger partial charge in [-0.2, -0.15) is 0 Å². The quantitative estimate of drug-likeness (QED) is 0.323. The summed E-state index contributed by atoms with van der Waals surface area (Å²) >= 11 is 0. The van der Waals surface area contributed by atoms with Gasteiger partial charge in [-0.15, -0.1) is 0 Å². The molecule has 0 aliphatic carbocycles. The molecule has 2 N–H and O–H groups in total. The molecule has 5 aromatic rings. The predicted octanol–water partition coefficient (Wildman–Crippen LogP) is 5.89. The number of carbonyl (C=O) groups is 1. The lowest BCUT2D eigenvalue weighted by Crippen LogP contribution is -2.26. The average molecular weight is 454 g/mol. The molecule has 0 unspecified atom stereocenters. The Balaban J connectivity index is 1.55. The summed E-state index contributed by atoms with van der Waals surface area (Å²) in [6.45, 7) is 2.75. The highest BCUT2D eigenvalue weighted by molar-refractivity contribution is 6.13. The number of benzene rings is 3. The molecule has 0 spiro atoms. The second-order valence-electron chi connectivity index (χ2n) is 7.98. The highest BCUT2D eigenvalue weighted by Gasteiger charge is 2.19. The zero-order valence-electron chi connectivity index (χ0n) is 18.8. The minimum Gasteiger partial charge on any atom is -0.493 e. The molecule has 5 nitrogen and oxygen atoms in total. The van der Waals surface area contributed by atoms with Crippen molar-refractivity contribution in [3.8, 4) is 17.0 Å². The van der Waals surface area contributed by atoms with E-state index in [0.29, 0.717) is 42.3 Å². The zero-order chi connectivity index (χ0) is 23.5. The lowest BCUT2D eigenvalue weighted by atomic mass is 10.1. The first kappa shape index (κ1) is 21.6. The normalized spacial score (nSPS) is 11.1. The van der Waals surface area contributed by atoms with E-state index in [1.54, 1.807) is 24.3 Å². The van der Waals surface area contributed by atoms with Crippen molar-refractivity contribution in [3.63, 3.8) is 0 Å². The maximum atomic E-state index is 13.9. The Morgan fingerprint density at radius 2 is 1.76 bits per heavy atom. The van der Waals surface area contributed by atoms with E-state index in [0.717, 1.165) is 27.4 Å². The summed E-state index contributed by atoms with van der Waals surface area (Å²) in [5, 5.41) is 4.81.